The second-order valence-corrected chi connectivity index (χ2v) is 7.46. The molecule has 0 spiro atoms. The number of nitrogen functional groups attached to an aromatic ring is 1. The van der Waals surface area contributed by atoms with Crippen LogP contribution in [0.4, 0.5) is 5.69 Å². The van der Waals surface area contributed by atoms with Gasteiger partial charge in [0.05, 0.1) is 30.6 Å². The van der Waals surface area contributed by atoms with Crippen LogP contribution >= 0.6 is 67.8 Å². The number of carbonyl (C=O) groups excluding carboxylic acids is 2. The number of carbonyl (C=O) groups is 2. The summed E-state index contributed by atoms with van der Waals surface area (Å²) < 4.78 is 1.54. The standard InChI is InChI=1S/C12H14I3N3O4/c1-18(2-3-19)12(22)6-7(13)5(11(21)17-4-20)8(14)10(16)9(6)15/h19-20H,2-4,16H2,1H3,(H,17,21). The van der Waals surface area contributed by atoms with Crippen molar-refractivity contribution in [1.82, 2.24) is 10.2 Å². The lowest BCUT2D eigenvalue weighted by molar-refractivity contribution is 0.0765. The first-order valence-electron chi connectivity index (χ1n) is 5.99. The van der Waals surface area contributed by atoms with E-state index in [1.807, 2.05) is 67.8 Å². The summed E-state index contributed by atoms with van der Waals surface area (Å²) in [4.78, 5) is 26.0. The van der Waals surface area contributed by atoms with Gasteiger partial charge in [-0.15, -0.1) is 0 Å². The molecule has 0 fully saturated rings. The van der Waals surface area contributed by atoms with E-state index in [0.717, 1.165) is 0 Å². The minimum absolute atomic E-state index is 0.160. The van der Waals surface area contributed by atoms with Crippen LogP contribution in [-0.4, -0.2) is 53.9 Å². The fraction of sp³-hybridized carbons (Fsp3) is 0.333. The first-order valence-corrected chi connectivity index (χ1v) is 9.22. The second-order valence-electron chi connectivity index (χ2n) is 4.22. The third-order valence-corrected chi connectivity index (χ3v) is 6.13. The molecule has 0 saturated carbocycles. The zero-order chi connectivity index (χ0) is 17.0. The highest BCUT2D eigenvalue weighted by Gasteiger charge is 2.27. The van der Waals surface area contributed by atoms with Crippen molar-refractivity contribution in [2.24, 2.45) is 0 Å². The molecular weight excluding hydrogens is 631 g/mol. The van der Waals surface area contributed by atoms with Crippen molar-refractivity contribution in [3.8, 4) is 0 Å². The van der Waals surface area contributed by atoms with Gasteiger partial charge < -0.3 is 26.2 Å². The summed E-state index contributed by atoms with van der Waals surface area (Å²) >= 11 is 5.84. The summed E-state index contributed by atoms with van der Waals surface area (Å²) in [5.41, 5.74) is 6.93. The minimum atomic E-state index is -0.509. The molecule has 0 atom stereocenters. The molecule has 7 nitrogen and oxygen atoms in total. The molecule has 0 aliphatic rings. The van der Waals surface area contributed by atoms with Crippen molar-refractivity contribution in [3.05, 3.63) is 21.8 Å². The van der Waals surface area contributed by atoms with E-state index in [0.29, 0.717) is 22.0 Å². The minimum Gasteiger partial charge on any atom is -0.397 e. The Bertz CT molecular complexity index is 610. The molecule has 0 radical (unpaired) electrons. The van der Waals surface area contributed by atoms with Gasteiger partial charge in [0.1, 0.15) is 6.73 Å². The molecule has 22 heavy (non-hydrogen) atoms. The maximum absolute atomic E-state index is 12.5. The summed E-state index contributed by atoms with van der Waals surface area (Å²) in [5, 5.41) is 20.1. The molecule has 0 unspecified atom stereocenters. The van der Waals surface area contributed by atoms with Crippen LogP contribution < -0.4 is 11.1 Å². The van der Waals surface area contributed by atoms with E-state index in [4.69, 9.17) is 15.9 Å². The van der Waals surface area contributed by atoms with Crippen LogP contribution in [0.2, 0.25) is 0 Å². The molecule has 2 amide bonds. The van der Waals surface area contributed by atoms with Crippen molar-refractivity contribution in [2.75, 3.05) is 32.7 Å². The Morgan fingerprint density at radius 3 is 2.18 bits per heavy atom. The average molecular weight is 645 g/mol. The highest BCUT2D eigenvalue weighted by atomic mass is 127. The van der Waals surface area contributed by atoms with Crippen LogP contribution in [0, 0.1) is 10.7 Å². The number of likely N-dealkylation sites (N-methyl/N-ethyl adjacent to an activating group) is 1. The molecule has 0 aliphatic carbocycles. The van der Waals surface area contributed by atoms with E-state index in [9.17, 15) is 9.59 Å². The fourth-order valence-electron chi connectivity index (χ4n) is 1.67. The third kappa shape index (κ3) is 4.12. The molecule has 0 heterocycles. The van der Waals surface area contributed by atoms with Crippen LogP contribution in [0.5, 0.6) is 0 Å². The van der Waals surface area contributed by atoms with Gasteiger partial charge in [-0.3, -0.25) is 9.59 Å². The number of amides is 2. The van der Waals surface area contributed by atoms with Gasteiger partial charge in [0.2, 0.25) is 0 Å². The summed E-state index contributed by atoms with van der Waals surface area (Å²) in [7, 11) is 1.56. The first kappa shape index (κ1) is 20.1. The Kier molecular flexibility index (Phi) is 8.04. The number of nitrogens with one attached hydrogen (secondary N) is 1. The van der Waals surface area contributed by atoms with Gasteiger partial charge in [-0.25, -0.2) is 0 Å². The van der Waals surface area contributed by atoms with Gasteiger partial charge in [-0.2, -0.15) is 0 Å². The molecule has 0 saturated heterocycles. The number of hydrogen-bond donors (Lipinski definition) is 4. The number of anilines is 1. The number of rotatable bonds is 5. The van der Waals surface area contributed by atoms with E-state index >= 15 is 0 Å². The number of hydrogen-bond acceptors (Lipinski definition) is 5. The lowest BCUT2D eigenvalue weighted by Crippen LogP contribution is -2.33. The van der Waals surface area contributed by atoms with Crippen molar-refractivity contribution >= 4 is 85.3 Å². The van der Waals surface area contributed by atoms with Gasteiger partial charge in [0, 0.05) is 17.2 Å². The molecule has 1 aromatic rings. The first-order chi connectivity index (χ1) is 10.3. The normalized spacial score (nSPS) is 10.5. The molecule has 1 aromatic carbocycles. The number of aliphatic hydroxyl groups excluding tert-OH is 2. The SMILES string of the molecule is CN(CCO)C(=O)c1c(I)c(N)c(I)c(C(=O)NCO)c1I. The molecule has 0 aliphatic heterocycles. The molecule has 122 valence electrons. The lowest BCUT2D eigenvalue weighted by Gasteiger charge is -2.21. The van der Waals surface area contributed by atoms with Gasteiger partial charge in [-0.05, 0) is 67.8 Å². The van der Waals surface area contributed by atoms with Crippen LogP contribution in [0.1, 0.15) is 20.7 Å². The Hall–Kier alpha value is 0.0700. The number of nitrogens with zero attached hydrogens (tertiary/aromatic N) is 1. The van der Waals surface area contributed by atoms with Crippen molar-refractivity contribution in [3.63, 3.8) is 0 Å². The maximum atomic E-state index is 12.5. The predicted octanol–water partition coefficient (Wildman–Crippen LogP) is 0.827. The topological polar surface area (TPSA) is 116 Å². The highest BCUT2D eigenvalue weighted by Crippen LogP contribution is 2.34. The lowest BCUT2D eigenvalue weighted by atomic mass is 10.1. The smallest absolute Gasteiger partial charge is 0.255 e. The second kappa shape index (κ2) is 8.79. The van der Waals surface area contributed by atoms with Crippen molar-refractivity contribution in [2.45, 2.75) is 0 Å². The van der Waals surface area contributed by atoms with E-state index in [-0.39, 0.29) is 24.6 Å². The monoisotopic (exact) mass is 645 g/mol. The van der Waals surface area contributed by atoms with E-state index in [2.05, 4.69) is 5.32 Å². The Balaban J connectivity index is 3.52. The molecule has 5 N–H and O–H groups in total. The van der Waals surface area contributed by atoms with Crippen LogP contribution in [0.15, 0.2) is 0 Å². The van der Waals surface area contributed by atoms with E-state index in [1.54, 1.807) is 7.05 Å². The van der Waals surface area contributed by atoms with Gasteiger partial charge in [0.15, 0.2) is 0 Å². The summed E-state index contributed by atoms with van der Waals surface area (Å²) in [5.74, 6) is -0.831. The maximum Gasteiger partial charge on any atom is 0.255 e. The van der Waals surface area contributed by atoms with Crippen LogP contribution in [-0.2, 0) is 0 Å². The molecule has 0 bridgehead atoms. The van der Waals surface area contributed by atoms with Gasteiger partial charge in [-0.1, -0.05) is 0 Å². The Labute approximate surface area is 168 Å². The Morgan fingerprint density at radius 2 is 1.68 bits per heavy atom. The zero-order valence-corrected chi connectivity index (χ0v) is 18.0. The Morgan fingerprint density at radius 1 is 1.14 bits per heavy atom. The summed E-state index contributed by atoms with van der Waals surface area (Å²) in [6.07, 6.45) is 0. The molecule has 0 aromatic heterocycles. The summed E-state index contributed by atoms with van der Waals surface area (Å²) in [6.45, 7) is -0.493. The third-order valence-electron chi connectivity index (χ3n) is 2.81. The molecule has 1 rings (SSSR count). The molecular formula is C12H14I3N3O4. The number of nitrogens with two attached hydrogens (primary N) is 1. The van der Waals surface area contributed by atoms with Gasteiger partial charge >= 0.3 is 0 Å². The summed E-state index contributed by atoms with van der Waals surface area (Å²) in [6, 6.07) is 0. The van der Waals surface area contributed by atoms with E-state index in [1.165, 1.54) is 4.90 Å². The largest absolute Gasteiger partial charge is 0.397 e. The zero-order valence-electron chi connectivity index (χ0n) is 11.5. The van der Waals surface area contributed by atoms with Crippen molar-refractivity contribution < 1.29 is 19.8 Å². The number of halogens is 3. The number of benzene rings is 1. The highest BCUT2D eigenvalue weighted by molar-refractivity contribution is 14.1. The number of aliphatic hydroxyl groups is 2. The van der Waals surface area contributed by atoms with Crippen molar-refractivity contribution in [1.29, 1.82) is 0 Å². The quantitative estimate of drug-likeness (QED) is 0.215. The van der Waals surface area contributed by atoms with Crippen LogP contribution in [0.3, 0.4) is 0 Å². The van der Waals surface area contributed by atoms with Gasteiger partial charge in [0.25, 0.3) is 11.8 Å². The van der Waals surface area contributed by atoms with Crippen LogP contribution in [0.25, 0.3) is 0 Å². The fourth-order valence-corrected chi connectivity index (χ4v) is 5.79. The molecule has 10 heteroatoms. The predicted molar refractivity (Wildman–Crippen MR) is 108 cm³/mol. The average Bonchev–Trinajstić information content (AvgIpc) is 2.45. The van der Waals surface area contributed by atoms with E-state index < -0.39 is 12.6 Å².